The molecular formula is C37H22BrN. The largest absolute Gasteiger partial charge is 0.317 e. The highest BCUT2D eigenvalue weighted by molar-refractivity contribution is 9.10. The standard InChI is InChI=1S/C37H22BrN/c38-24-14-16-29-30-17-15-25(39-20-19-31-26-8-2-1-7-23(26)13-18-36(31)39)22-35(30)37(34(29)21-24)32-11-5-3-9-27(32)28-10-4-6-12-33(28)37/h1-22H. The van der Waals surface area contributed by atoms with E-state index < -0.39 is 0 Å². The van der Waals surface area contributed by atoms with Gasteiger partial charge in [-0.3, -0.25) is 0 Å². The van der Waals surface area contributed by atoms with E-state index in [0.717, 1.165) is 4.47 Å². The van der Waals surface area contributed by atoms with Crippen molar-refractivity contribution < 1.29 is 0 Å². The second kappa shape index (κ2) is 7.59. The molecule has 0 radical (unpaired) electrons. The minimum absolute atomic E-state index is 0.354. The van der Waals surface area contributed by atoms with Crippen LogP contribution in [0.4, 0.5) is 0 Å². The van der Waals surface area contributed by atoms with E-state index in [2.05, 4.69) is 154 Å². The van der Waals surface area contributed by atoms with Crippen LogP contribution in [0, 0.1) is 0 Å². The Morgan fingerprint density at radius 2 is 1.13 bits per heavy atom. The number of aromatic nitrogens is 1. The summed E-state index contributed by atoms with van der Waals surface area (Å²) < 4.78 is 3.46. The van der Waals surface area contributed by atoms with E-state index in [1.807, 2.05) is 0 Å². The molecule has 0 amide bonds. The molecule has 6 aromatic carbocycles. The Labute approximate surface area is 235 Å². The van der Waals surface area contributed by atoms with Gasteiger partial charge in [0.15, 0.2) is 0 Å². The van der Waals surface area contributed by atoms with E-state index >= 15 is 0 Å². The molecule has 7 aromatic rings. The van der Waals surface area contributed by atoms with Crippen LogP contribution in [0.3, 0.4) is 0 Å². The number of benzene rings is 6. The Kier molecular flexibility index (Phi) is 4.19. The highest BCUT2D eigenvalue weighted by Gasteiger charge is 2.51. The molecular weight excluding hydrogens is 538 g/mol. The number of nitrogens with zero attached hydrogens (tertiary/aromatic N) is 1. The molecule has 182 valence electrons. The Balaban J connectivity index is 1.38. The van der Waals surface area contributed by atoms with Crippen molar-refractivity contribution >= 4 is 37.6 Å². The number of hydrogen-bond donors (Lipinski definition) is 0. The van der Waals surface area contributed by atoms with Crippen LogP contribution in [0.2, 0.25) is 0 Å². The Hall–Kier alpha value is -4.40. The first-order chi connectivity index (χ1) is 19.2. The summed E-state index contributed by atoms with van der Waals surface area (Å²) in [5, 5.41) is 3.85. The fourth-order valence-electron chi connectivity index (χ4n) is 7.37. The van der Waals surface area contributed by atoms with Crippen molar-refractivity contribution in [3.8, 4) is 27.9 Å². The van der Waals surface area contributed by atoms with E-state index in [1.165, 1.54) is 71.9 Å². The summed E-state index contributed by atoms with van der Waals surface area (Å²) in [7, 11) is 0. The molecule has 0 aliphatic heterocycles. The van der Waals surface area contributed by atoms with Crippen LogP contribution in [0.25, 0.3) is 49.6 Å². The van der Waals surface area contributed by atoms with Gasteiger partial charge < -0.3 is 4.57 Å². The minimum atomic E-state index is -0.354. The molecule has 2 aliphatic carbocycles. The van der Waals surface area contributed by atoms with Crippen molar-refractivity contribution in [3.05, 3.63) is 160 Å². The lowest BCUT2D eigenvalue weighted by Gasteiger charge is -2.31. The van der Waals surface area contributed by atoms with Crippen LogP contribution >= 0.6 is 15.9 Å². The van der Waals surface area contributed by atoms with E-state index in [9.17, 15) is 0 Å². The summed E-state index contributed by atoms with van der Waals surface area (Å²) in [4.78, 5) is 0. The van der Waals surface area contributed by atoms with Crippen molar-refractivity contribution in [1.29, 1.82) is 0 Å². The lowest BCUT2D eigenvalue weighted by Crippen LogP contribution is -2.26. The molecule has 1 spiro atoms. The summed E-state index contributed by atoms with van der Waals surface area (Å²) in [5.41, 5.74) is 12.8. The van der Waals surface area contributed by atoms with E-state index in [4.69, 9.17) is 0 Å². The summed E-state index contributed by atoms with van der Waals surface area (Å²) in [6.07, 6.45) is 2.22. The first-order valence-electron chi connectivity index (χ1n) is 13.4. The number of fused-ring (bicyclic) bond motifs is 13. The van der Waals surface area contributed by atoms with Crippen molar-refractivity contribution in [2.24, 2.45) is 0 Å². The number of rotatable bonds is 1. The van der Waals surface area contributed by atoms with Gasteiger partial charge in [0.1, 0.15) is 0 Å². The van der Waals surface area contributed by atoms with Crippen molar-refractivity contribution in [3.63, 3.8) is 0 Å². The van der Waals surface area contributed by atoms with Crippen LogP contribution in [0.5, 0.6) is 0 Å². The molecule has 0 N–H and O–H groups in total. The third-order valence-corrected chi connectivity index (χ3v) is 9.40. The molecule has 0 unspecified atom stereocenters. The molecule has 2 aliphatic rings. The Morgan fingerprint density at radius 3 is 1.92 bits per heavy atom. The SMILES string of the molecule is Brc1ccc2c(c1)C1(c3ccccc3-c3ccccc31)c1cc(-n3ccc4c5ccccc5ccc43)ccc1-2. The zero-order valence-electron chi connectivity index (χ0n) is 21.0. The average molecular weight is 560 g/mol. The average Bonchev–Trinajstić information content (AvgIpc) is 3.64. The topological polar surface area (TPSA) is 4.93 Å². The van der Waals surface area contributed by atoms with Crippen LogP contribution in [-0.4, -0.2) is 4.57 Å². The third kappa shape index (κ3) is 2.65. The minimum Gasteiger partial charge on any atom is -0.317 e. The maximum absolute atomic E-state index is 3.81. The molecule has 1 nitrogen and oxygen atoms in total. The van der Waals surface area contributed by atoms with Crippen molar-refractivity contribution in [2.75, 3.05) is 0 Å². The number of hydrogen-bond acceptors (Lipinski definition) is 0. The molecule has 0 saturated carbocycles. The van der Waals surface area contributed by atoms with E-state index in [1.54, 1.807) is 0 Å². The fraction of sp³-hybridized carbons (Fsp3) is 0.0270. The summed E-state index contributed by atoms with van der Waals surface area (Å²) in [6.45, 7) is 0. The molecule has 1 heterocycles. The lowest BCUT2D eigenvalue weighted by molar-refractivity contribution is 0.791. The molecule has 0 bridgehead atoms. The molecule has 1 aromatic heterocycles. The summed E-state index contributed by atoms with van der Waals surface area (Å²) >= 11 is 3.81. The molecule has 0 saturated heterocycles. The molecule has 0 atom stereocenters. The van der Waals surface area contributed by atoms with Gasteiger partial charge in [0.25, 0.3) is 0 Å². The van der Waals surface area contributed by atoms with Gasteiger partial charge in [0, 0.05) is 21.7 Å². The zero-order chi connectivity index (χ0) is 25.7. The van der Waals surface area contributed by atoms with Gasteiger partial charge in [-0.1, -0.05) is 107 Å². The van der Waals surface area contributed by atoms with Gasteiger partial charge in [-0.2, -0.15) is 0 Å². The highest BCUT2D eigenvalue weighted by Crippen LogP contribution is 2.63. The fourth-order valence-corrected chi connectivity index (χ4v) is 7.73. The number of halogens is 1. The van der Waals surface area contributed by atoms with Gasteiger partial charge >= 0.3 is 0 Å². The third-order valence-electron chi connectivity index (χ3n) is 8.91. The second-order valence-electron chi connectivity index (χ2n) is 10.7. The van der Waals surface area contributed by atoms with Crippen LogP contribution < -0.4 is 0 Å². The predicted octanol–water partition coefficient (Wildman–Crippen LogP) is 9.89. The van der Waals surface area contributed by atoms with Crippen molar-refractivity contribution in [1.82, 2.24) is 4.57 Å². The molecule has 2 heteroatoms. The van der Waals surface area contributed by atoms with E-state index in [-0.39, 0.29) is 5.41 Å². The maximum Gasteiger partial charge on any atom is 0.0726 e. The van der Waals surface area contributed by atoms with Crippen LogP contribution in [0.1, 0.15) is 22.3 Å². The molecule has 39 heavy (non-hydrogen) atoms. The summed E-state index contributed by atoms with van der Waals surface area (Å²) in [6, 6.07) is 47.2. The monoisotopic (exact) mass is 559 g/mol. The van der Waals surface area contributed by atoms with E-state index in [0.29, 0.717) is 0 Å². The zero-order valence-corrected chi connectivity index (χ0v) is 22.6. The smallest absolute Gasteiger partial charge is 0.0726 e. The first-order valence-corrected chi connectivity index (χ1v) is 14.2. The van der Waals surface area contributed by atoms with Gasteiger partial charge in [-0.15, -0.1) is 0 Å². The molecule has 9 rings (SSSR count). The van der Waals surface area contributed by atoms with Gasteiger partial charge in [0.2, 0.25) is 0 Å². The van der Waals surface area contributed by atoms with Crippen molar-refractivity contribution in [2.45, 2.75) is 5.41 Å². The van der Waals surface area contributed by atoms with Crippen LogP contribution in [0.15, 0.2) is 138 Å². The van der Waals surface area contributed by atoms with Gasteiger partial charge in [0.05, 0.1) is 10.9 Å². The first kappa shape index (κ1) is 21.5. The summed E-state index contributed by atoms with van der Waals surface area (Å²) in [5.74, 6) is 0. The Bertz CT molecular complexity index is 2100. The van der Waals surface area contributed by atoms with Gasteiger partial charge in [-0.05, 0) is 91.7 Å². The normalized spacial score (nSPS) is 14.0. The molecule has 0 fully saturated rings. The van der Waals surface area contributed by atoms with Crippen LogP contribution in [-0.2, 0) is 5.41 Å². The highest BCUT2D eigenvalue weighted by atomic mass is 79.9. The predicted molar refractivity (Wildman–Crippen MR) is 165 cm³/mol. The maximum atomic E-state index is 3.81. The second-order valence-corrected chi connectivity index (χ2v) is 11.6. The lowest BCUT2D eigenvalue weighted by atomic mass is 9.70. The van der Waals surface area contributed by atoms with Gasteiger partial charge in [-0.25, -0.2) is 0 Å². The quantitative estimate of drug-likeness (QED) is 0.188. The Morgan fingerprint density at radius 1 is 0.487 bits per heavy atom.